The molecule has 2 N–H and O–H groups in total. The van der Waals surface area contributed by atoms with Gasteiger partial charge in [0.25, 0.3) is 0 Å². The highest BCUT2D eigenvalue weighted by Crippen LogP contribution is 2.43. The third-order valence-electron chi connectivity index (χ3n) is 6.30. The van der Waals surface area contributed by atoms with Gasteiger partial charge in [-0.2, -0.15) is 5.26 Å². The monoisotopic (exact) mass is 491 g/mol. The molecule has 2 aromatic carbocycles. The fraction of sp³-hybridized carbons (Fsp3) is 0.308. The Morgan fingerprint density at radius 2 is 1.78 bits per heavy atom. The van der Waals surface area contributed by atoms with Crippen LogP contribution < -0.4 is 24.3 Å². The maximum absolute atomic E-state index is 14.5. The van der Waals surface area contributed by atoms with E-state index in [0.717, 1.165) is 25.7 Å². The highest BCUT2D eigenvalue weighted by Gasteiger charge is 2.23. The van der Waals surface area contributed by atoms with Gasteiger partial charge < -0.3 is 24.3 Å². The number of nitrogens with zero attached hydrogens (tertiary/aromatic N) is 3. The van der Waals surface area contributed by atoms with Crippen molar-refractivity contribution in [3.63, 3.8) is 0 Å². The summed E-state index contributed by atoms with van der Waals surface area (Å²) in [5.41, 5.74) is 2.61. The second-order valence-corrected chi connectivity index (χ2v) is 8.48. The van der Waals surface area contributed by atoms with Gasteiger partial charge in [-0.1, -0.05) is 0 Å². The van der Waals surface area contributed by atoms with E-state index < -0.39 is 5.82 Å². The van der Waals surface area contributed by atoms with Crippen LogP contribution in [-0.2, 0) is 0 Å². The van der Waals surface area contributed by atoms with E-state index in [1.165, 1.54) is 27.4 Å². The lowest BCUT2D eigenvalue weighted by atomic mass is 10.1. The number of H-pyrrole nitrogens is 1. The summed E-state index contributed by atoms with van der Waals surface area (Å²) < 4.78 is 38.6. The van der Waals surface area contributed by atoms with Gasteiger partial charge in [-0.15, -0.1) is 0 Å². The topological polar surface area (TPSA) is 106 Å². The summed E-state index contributed by atoms with van der Waals surface area (Å²) in [5.74, 6) is 1.70. The molecule has 2 aromatic heterocycles. The smallest absolute Gasteiger partial charge is 0.203 e. The minimum Gasteiger partial charge on any atom is -0.493 e. The number of anilines is 2. The first-order valence-corrected chi connectivity index (χ1v) is 11.6. The summed E-state index contributed by atoms with van der Waals surface area (Å²) in [4.78, 5) is 4.73. The Bertz CT molecular complexity index is 1420. The molecule has 9 nitrogen and oxygen atoms in total. The zero-order valence-corrected chi connectivity index (χ0v) is 20.2. The Labute approximate surface area is 207 Å². The lowest BCUT2D eigenvalue weighted by molar-refractivity contribution is 0.201. The van der Waals surface area contributed by atoms with Crippen LogP contribution in [0.15, 0.2) is 36.5 Å². The number of hydrogen-bond donors (Lipinski definition) is 2. The van der Waals surface area contributed by atoms with Crippen molar-refractivity contribution in [3.05, 3.63) is 47.9 Å². The van der Waals surface area contributed by atoms with Gasteiger partial charge >= 0.3 is 0 Å². The molecule has 186 valence electrons. The first-order valence-electron chi connectivity index (χ1n) is 11.6. The number of nitrogens with one attached hydrogen (secondary N) is 2. The largest absolute Gasteiger partial charge is 0.493 e. The molecule has 1 fully saturated rings. The number of fused-ring (bicyclic) bond motifs is 1. The number of rotatable bonds is 8. The lowest BCUT2D eigenvalue weighted by Gasteiger charge is -2.16. The van der Waals surface area contributed by atoms with Gasteiger partial charge in [0, 0.05) is 23.5 Å². The van der Waals surface area contributed by atoms with Gasteiger partial charge in [0.05, 0.1) is 27.4 Å². The minimum absolute atomic E-state index is 0.0211. The molecule has 0 saturated heterocycles. The van der Waals surface area contributed by atoms with E-state index in [0.29, 0.717) is 51.2 Å². The zero-order valence-electron chi connectivity index (χ0n) is 20.2. The molecule has 0 unspecified atom stereocenters. The minimum atomic E-state index is -0.414. The fourth-order valence-corrected chi connectivity index (χ4v) is 4.53. The molecule has 36 heavy (non-hydrogen) atoms. The standard InChI is InChI=1S/C26H26FN5O4/c1-33-21-10-15(11-22(34-2)24(21)35-3)23-26(32-25(31-23)16(13-28)14-29-32)30-17-8-9-19(27)20(12-17)36-18-6-4-5-7-18/h8-12,14,18,29-30H,4-7H2,1-3H3. The second kappa shape index (κ2) is 9.70. The van der Waals surface area contributed by atoms with E-state index in [2.05, 4.69) is 16.5 Å². The number of aromatic amines is 1. The molecule has 0 spiro atoms. The summed E-state index contributed by atoms with van der Waals surface area (Å²) in [6, 6.07) is 10.3. The number of aromatic nitrogens is 3. The molecule has 10 heteroatoms. The maximum Gasteiger partial charge on any atom is 0.203 e. The molecule has 0 aliphatic heterocycles. The molecule has 1 aliphatic rings. The molecule has 0 amide bonds. The van der Waals surface area contributed by atoms with Gasteiger partial charge in [0.2, 0.25) is 5.75 Å². The summed E-state index contributed by atoms with van der Waals surface area (Å²) in [5, 5.41) is 15.9. The Hall–Kier alpha value is -4.39. The second-order valence-electron chi connectivity index (χ2n) is 8.48. The van der Waals surface area contributed by atoms with E-state index >= 15 is 0 Å². The van der Waals surface area contributed by atoms with Crippen LogP contribution in [0.4, 0.5) is 15.9 Å². The van der Waals surface area contributed by atoms with Crippen LogP contribution in [0.25, 0.3) is 16.9 Å². The van der Waals surface area contributed by atoms with Crippen LogP contribution in [0, 0.1) is 17.1 Å². The normalized spacial score (nSPS) is 13.5. The third kappa shape index (κ3) is 4.13. The third-order valence-corrected chi connectivity index (χ3v) is 6.30. The van der Waals surface area contributed by atoms with Crippen molar-refractivity contribution >= 4 is 17.2 Å². The maximum atomic E-state index is 14.5. The first kappa shape index (κ1) is 23.4. The molecule has 0 radical (unpaired) electrons. The molecule has 0 bridgehead atoms. The highest BCUT2D eigenvalue weighted by molar-refractivity contribution is 5.83. The van der Waals surface area contributed by atoms with Crippen molar-refractivity contribution in [2.75, 3.05) is 26.6 Å². The molecule has 1 saturated carbocycles. The Kier molecular flexibility index (Phi) is 6.29. The van der Waals surface area contributed by atoms with E-state index in [9.17, 15) is 9.65 Å². The average molecular weight is 492 g/mol. The average Bonchev–Trinajstić information content (AvgIpc) is 3.63. The van der Waals surface area contributed by atoms with E-state index in [1.807, 2.05) is 0 Å². The summed E-state index contributed by atoms with van der Waals surface area (Å²) >= 11 is 0. The zero-order chi connectivity index (χ0) is 25.2. The van der Waals surface area contributed by atoms with Crippen molar-refractivity contribution in [3.8, 4) is 40.3 Å². The SMILES string of the molecule is COc1cc(-c2nc3c(C#N)c[nH]n3c2Nc2ccc(F)c(OC3CCCC3)c2)cc(OC)c1OC. The number of hydrogen-bond acceptors (Lipinski definition) is 7. The van der Waals surface area contributed by atoms with Crippen molar-refractivity contribution in [2.24, 2.45) is 0 Å². The van der Waals surface area contributed by atoms with Crippen molar-refractivity contribution in [2.45, 2.75) is 31.8 Å². The first-order chi connectivity index (χ1) is 17.6. The number of imidazole rings is 1. The molecule has 5 rings (SSSR count). The Morgan fingerprint density at radius 3 is 2.42 bits per heavy atom. The van der Waals surface area contributed by atoms with Crippen LogP contribution in [0.2, 0.25) is 0 Å². The van der Waals surface area contributed by atoms with Crippen molar-refractivity contribution in [1.29, 1.82) is 5.26 Å². The van der Waals surface area contributed by atoms with Crippen LogP contribution in [0.5, 0.6) is 23.0 Å². The lowest BCUT2D eigenvalue weighted by Crippen LogP contribution is -2.12. The molecule has 2 heterocycles. The predicted molar refractivity (Wildman–Crippen MR) is 132 cm³/mol. The molecule has 0 atom stereocenters. The summed E-state index contributed by atoms with van der Waals surface area (Å²) in [6.45, 7) is 0. The Morgan fingerprint density at radius 1 is 1.06 bits per heavy atom. The predicted octanol–water partition coefficient (Wildman–Crippen LogP) is 5.43. The Balaban J connectivity index is 1.61. The van der Waals surface area contributed by atoms with Crippen molar-refractivity contribution < 1.29 is 23.3 Å². The number of methoxy groups -OCH3 is 3. The molecule has 4 aromatic rings. The van der Waals surface area contributed by atoms with Crippen LogP contribution in [0.1, 0.15) is 31.2 Å². The van der Waals surface area contributed by atoms with Gasteiger partial charge in [0.15, 0.2) is 34.5 Å². The number of halogens is 1. The highest BCUT2D eigenvalue weighted by atomic mass is 19.1. The molecular formula is C26H26FN5O4. The van der Waals surface area contributed by atoms with Crippen LogP contribution in [0.3, 0.4) is 0 Å². The summed E-state index contributed by atoms with van der Waals surface area (Å²) in [7, 11) is 4.61. The quantitative estimate of drug-likeness (QED) is 0.338. The van der Waals surface area contributed by atoms with E-state index in [-0.39, 0.29) is 11.9 Å². The van der Waals surface area contributed by atoms with E-state index in [4.69, 9.17) is 23.9 Å². The van der Waals surface area contributed by atoms with Crippen LogP contribution in [-0.4, -0.2) is 42.0 Å². The van der Waals surface area contributed by atoms with Gasteiger partial charge in [0.1, 0.15) is 17.3 Å². The molecular weight excluding hydrogens is 465 g/mol. The van der Waals surface area contributed by atoms with Crippen LogP contribution >= 0.6 is 0 Å². The van der Waals surface area contributed by atoms with Gasteiger partial charge in [-0.25, -0.2) is 13.9 Å². The molecule has 1 aliphatic carbocycles. The number of nitriles is 1. The fourth-order valence-electron chi connectivity index (χ4n) is 4.53. The summed E-state index contributed by atoms with van der Waals surface area (Å²) in [6.07, 6.45) is 5.61. The number of benzene rings is 2. The van der Waals surface area contributed by atoms with Gasteiger partial charge in [-0.05, 0) is 49.9 Å². The van der Waals surface area contributed by atoms with E-state index in [1.54, 1.807) is 35.0 Å². The van der Waals surface area contributed by atoms with Gasteiger partial charge in [-0.3, -0.25) is 5.10 Å². The van der Waals surface area contributed by atoms with Crippen molar-refractivity contribution in [1.82, 2.24) is 14.6 Å². The number of ether oxygens (including phenoxy) is 4.